The molecule has 0 aromatic heterocycles. The highest BCUT2D eigenvalue weighted by Crippen LogP contribution is 2.45. The van der Waals surface area contributed by atoms with E-state index in [1.807, 2.05) is 13.8 Å². The van der Waals surface area contributed by atoms with Crippen LogP contribution in [0, 0.1) is 0 Å². The van der Waals surface area contributed by atoms with E-state index in [4.69, 9.17) is 4.74 Å². The first-order chi connectivity index (χ1) is 13.9. The van der Waals surface area contributed by atoms with Gasteiger partial charge in [0.2, 0.25) is 0 Å². The third-order valence-electron chi connectivity index (χ3n) is 5.82. The molecule has 166 valence electrons. The second-order valence-electron chi connectivity index (χ2n) is 8.98. The molecule has 2 aliphatic heterocycles. The summed E-state index contributed by atoms with van der Waals surface area (Å²) in [5.74, 6) is -0.631. The molecule has 0 N–H and O–H groups in total. The second kappa shape index (κ2) is 7.78. The highest BCUT2D eigenvalue weighted by atomic mass is 19.4. The van der Waals surface area contributed by atoms with Crippen LogP contribution < -0.4 is 0 Å². The van der Waals surface area contributed by atoms with Crippen LogP contribution in [-0.4, -0.2) is 47.0 Å². The maximum atomic E-state index is 13.9. The Morgan fingerprint density at radius 1 is 1.17 bits per heavy atom. The fourth-order valence-electron chi connectivity index (χ4n) is 4.34. The largest absolute Gasteiger partial charge is 0.444 e. The average Bonchev–Trinajstić information content (AvgIpc) is 2.92. The SMILES string of the molecule is CCC(CC)c1cc2c(c(C(F)(F)F)c1)C(=O)N1CCN(C(=O)OC(C)(C)C)C[C@@H]21. The van der Waals surface area contributed by atoms with Gasteiger partial charge in [-0.3, -0.25) is 4.79 Å². The first-order valence-corrected chi connectivity index (χ1v) is 10.4. The minimum Gasteiger partial charge on any atom is -0.444 e. The van der Waals surface area contributed by atoms with Crippen molar-refractivity contribution < 1.29 is 27.5 Å². The number of alkyl halides is 3. The van der Waals surface area contributed by atoms with Gasteiger partial charge in [0.25, 0.3) is 5.91 Å². The number of carbonyl (C=O) groups excluding carboxylic acids is 2. The van der Waals surface area contributed by atoms with Crippen LogP contribution in [0.1, 0.15) is 86.5 Å². The van der Waals surface area contributed by atoms with E-state index in [2.05, 4.69) is 0 Å². The summed E-state index contributed by atoms with van der Waals surface area (Å²) in [4.78, 5) is 28.4. The smallest absolute Gasteiger partial charge is 0.417 e. The fraction of sp³-hybridized carbons (Fsp3) is 0.636. The van der Waals surface area contributed by atoms with Crippen molar-refractivity contribution >= 4 is 12.0 Å². The minimum atomic E-state index is -4.62. The molecular formula is C22H29F3N2O3. The summed E-state index contributed by atoms with van der Waals surface area (Å²) in [6.07, 6.45) is -3.73. The first-order valence-electron chi connectivity index (χ1n) is 10.4. The monoisotopic (exact) mass is 426 g/mol. The molecule has 1 saturated heterocycles. The van der Waals surface area contributed by atoms with Gasteiger partial charge >= 0.3 is 12.3 Å². The van der Waals surface area contributed by atoms with Crippen molar-refractivity contribution in [3.05, 3.63) is 34.4 Å². The van der Waals surface area contributed by atoms with Gasteiger partial charge in [0.15, 0.2) is 0 Å². The van der Waals surface area contributed by atoms with Gasteiger partial charge < -0.3 is 14.5 Å². The van der Waals surface area contributed by atoms with Crippen LogP contribution in [0.5, 0.6) is 0 Å². The Balaban J connectivity index is 2.04. The van der Waals surface area contributed by atoms with E-state index in [0.29, 0.717) is 24.0 Å². The number of amides is 2. The van der Waals surface area contributed by atoms with Gasteiger partial charge in [-0.1, -0.05) is 19.9 Å². The molecular weight excluding hydrogens is 397 g/mol. The van der Waals surface area contributed by atoms with Gasteiger partial charge in [0, 0.05) is 19.6 Å². The van der Waals surface area contributed by atoms with E-state index >= 15 is 0 Å². The summed E-state index contributed by atoms with van der Waals surface area (Å²) in [7, 11) is 0. The predicted molar refractivity (Wildman–Crippen MR) is 106 cm³/mol. The lowest BCUT2D eigenvalue weighted by Crippen LogP contribution is -2.50. The molecule has 30 heavy (non-hydrogen) atoms. The number of benzene rings is 1. The van der Waals surface area contributed by atoms with E-state index < -0.39 is 35.4 Å². The zero-order valence-corrected chi connectivity index (χ0v) is 18.1. The molecule has 1 aromatic carbocycles. The molecule has 8 heteroatoms. The number of nitrogens with zero attached hydrogens (tertiary/aromatic N) is 2. The third-order valence-corrected chi connectivity index (χ3v) is 5.82. The van der Waals surface area contributed by atoms with Crippen molar-refractivity contribution in [1.82, 2.24) is 9.80 Å². The van der Waals surface area contributed by atoms with Crippen LogP contribution in [0.25, 0.3) is 0 Å². The summed E-state index contributed by atoms with van der Waals surface area (Å²) in [6, 6.07) is 2.28. The Morgan fingerprint density at radius 3 is 2.33 bits per heavy atom. The quantitative estimate of drug-likeness (QED) is 0.654. The molecule has 2 aliphatic rings. The van der Waals surface area contributed by atoms with E-state index in [9.17, 15) is 22.8 Å². The maximum Gasteiger partial charge on any atom is 0.417 e. The van der Waals surface area contributed by atoms with Crippen LogP contribution in [0.15, 0.2) is 12.1 Å². The summed E-state index contributed by atoms with van der Waals surface area (Å²) in [6.45, 7) is 9.68. The van der Waals surface area contributed by atoms with E-state index in [1.54, 1.807) is 26.8 Å². The van der Waals surface area contributed by atoms with Gasteiger partial charge in [-0.25, -0.2) is 4.79 Å². The van der Waals surface area contributed by atoms with E-state index in [1.165, 1.54) is 9.80 Å². The molecule has 1 aromatic rings. The van der Waals surface area contributed by atoms with Gasteiger partial charge in [-0.05, 0) is 56.7 Å². The van der Waals surface area contributed by atoms with Crippen LogP contribution in [0.4, 0.5) is 18.0 Å². The molecule has 0 bridgehead atoms. The molecule has 0 saturated carbocycles. The lowest BCUT2D eigenvalue weighted by atomic mass is 9.87. The number of piperazine rings is 1. The van der Waals surface area contributed by atoms with Crippen LogP contribution in [0.2, 0.25) is 0 Å². The van der Waals surface area contributed by atoms with Crippen molar-refractivity contribution in [2.45, 2.75) is 71.2 Å². The van der Waals surface area contributed by atoms with Crippen molar-refractivity contribution in [2.24, 2.45) is 0 Å². The first kappa shape index (κ1) is 22.4. The Bertz CT molecular complexity index is 841. The number of carbonyl (C=O) groups is 2. The molecule has 0 unspecified atom stereocenters. The van der Waals surface area contributed by atoms with Gasteiger partial charge in [0.05, 0.1) is 17.2 Å². The van der Waals surface area contributed by atoms with Crippen molar-refractivity contribution in [1.29, 1.82) is 0 Å². The number of fused-ring (bicyclic) bond motifs is 3. The third kappa shape index (κ3) is 4.14. The number of ether oxygens (including phenoxy) is 1. The number of rotatable bonds is 3. The van der Waals surface area contributed by atoms with Crippen molar-refractivity contribution in [3.8, 4) is 0 Å². The minimum absolute atomic E-state index is 0.0221. The van der Waals surface area contributed by atoms with Gasteiger partial charge in [0.1, 0.15) is 5.60 Å². The normalized spacial score (nSPS) is 19.2. The molecule has 3 rings (SSSR count). The van der Waals surface area contributed by atoms with Gasteiger partial charge in [-0.15, -0.1) is 0 Å². The van der Waals surface area contributed by atoms with Crippen LogP contribution in [0.3, 0.4) is 0 Å². The van der Waals surface area contributed by atoms with E-state index in [-0.39, 0.29) is 31.1 Å². The number of hydrogen-bond acceptors (Lipinski definition) is 3. The fourth-order valence-corrected chi connectivity index (χ4v) is 4.34. The highest BCUT2D eigenvalue weighted by molar-refractivity contribution is 6.01. The standard InChI is InChI=1S/C22H29F3N2O3/c1-6-13(7-2)14-10-15-17-12-26(20(29)30-21(3,4)5)8-9-27(17)19(28)18(15)16(11-14)22(23,24)25/h10-11,13,17H,6-9,12H2,1-5H3/t17-/m0/s1. The summed E-state index contributed by atoms with van der Waals surface area (Å²) in [5.41, 5.74) is -0.859. The number of hydrogen-bond donors (Lipinski definition) is 0. The molecule has 0 spiro atoms. The summed E-state index contributed by atoms with van der Waals surface area (Å²) in [5, 5.41) is 0. The van der Waals surface area contributed by atoms with Crippen molar-refractivity contribution in [3.63, 3.8) is 0 Å². The topological polar surface area (TPSA) is 49.9 Å². The summed E-state index contributed by atoms with van der Waals surface area (Å²) < 4.78 is 47.1. The number of halogens is 3. The predicted octanol–water partition coefficient (Wildman–Crippen LogP) is 5.36. The maximum absolute atomic E-state index is 13.9. The lowest BCUT2D eigenvalue weighted by molar-refractivity contribution is -0.138. The Kier molecular flexibility index (Phi) is 5.82. The summed E-state index contributed by atoms with van der Waals surface area (Å²) >= 11 is 0. The van der Waals surface area contributed by atoms with Crippen LogP contribution in [-0.2, 0) is 10.9 Å². The molecule has 1 fully saturated rings. The zero-order valence-electron chi connectivity index (χ0n) is 18.1. The Labute approximate surface area is 175 Å². The molecule has 0 radical (unpaired) electrons. The highest BCUT2D eigenvalue weighted by Gasteiger charge is 2.47. The van der Waals surface area contributed by atoms with Crippen LogP contribution >= 0.6 is 0 Å². The molecule has 1 atom stereocenters. The lowest BCUT2D eigenvalue weighted by Gasteiger charge is -2.38. The Morgan fingerprint density at radius 2 is 1.80 bits per heavy atom. The zero-order chi connectivity index (χ0) is 22.4. The van der Waals surface area contributed by atoms with Crippen molar-refractivity contribution in [2.75, 3.05) is 19.6 Å². The average molecular weight is 426 g/mol. The Hall–Kier alpha value is -2.25. The second-order valence-corrected chi connectivity index (χ2v) is 8.98. The molecule has 2 heterocycles. The molecule has 2 amide bonds. The van der Waals surface area contributed by atoms with Gasteiger partial charge in [-0.2, -0.15) is 13.2 Å². The molecule has 0 aliphatic carbocycles. The molecule has 5 nitrogen and oxygen atoms in total. The van der Waals surface area contributed by atoms with E-state index in [0.717, 1.165) is 6.07 Å².